The Hall–Kier alpha value is -3.40. The Balaban J connectivity index is 1.87. The van der Waals surface area contributed by atoms with E-state index in [1.54, 1.807) is 18.2 Å². The highest BCUT2D eigenvalue weighted by Gasteiger charge is 2.19. The maximum absolute atomic E-state index is 11.0. The van der Waals surface area contributed by atoms with Crippen molar-refractivity contribution in [3.63, 3.8) is 0 Å². The largest absolute Gasteiger partial charge is 0.357 e. The Labute approximate surface area is 144 Å². The second-order valence-corrected chi connectivity index (χ2v) is 6.01. The van der Waals surface area contributed by atoms with Crippen LogP contribution in [0, 0.1) is 10.1 Å². The van der Waals surface area contributed by atoms with E-state index in [4.69, 9.17) is 0 Å². The lowest BCUT2D eigenvalue weighted by atomic mass is 9.88. The highest BCUT2D eigenvalue weighted by Crippen LogP contribution is 2.33. The molecule has 1 heterocycles. The molecule has 0 fully saturated rings. The van der Waals surface area contributed by atoms with Crippen LogP contribution in [0.1, 0.15) is 22.7 Å². The Kier molecular flexibility index (Phi) is 3.78. The van der Waals surface area contributed by atoms with Gasteiger partial charge < -0.3 is 4.98 Å². The van der Waals surface area contributed by atoms with Gasteiger partial charge in [-0.1, -0.05) is 60.7 Å². The zero-order valence-corrected chi connectivity index (χ0v) is 13.4. The van der Waals surface area contributed by atoms with E-state index in [9.17, 15) is 10.1 Å². The van der Waals surface area contributed by atoms with E-state index in [2.05, 4.69) is 35.3 Å². The normalized spacial score (nSPS) is 11.1. The number of hydrogen-bond acceptors (Lipinski definition) is 2. The molecular weight excluding hydrogens is 312 g/mol. The van der Waals surface area contributed by atoms with Crippen molar-refractivity contribution in [2.75, 3.05) is 0 Å². The third-order valence-corrected chi connectivity index (χ3v) is 4.41. The summed E-state index contributed by atoms with van der Waals surface area (Å²) in [7, 11) is 0. The van der Waals surface area contributed by atoms with Gasteiger partial charge in [-0.2, -0.15) is 0 Å². The van der Waals surface area contributed by atoms with Gasteiger partial charge >= 0.3 is 0 Å². The fraction of sp³-hybridized carbons (Fsp3) is 0.0476. The lowest BCUT2D eigenvalue weighted by Gasteiger charge is -2.17. The van der Waals surface area contributed by atoms with E-state index in [0.717, 1.165) is 16.6 Å². The Bertz CT molecular complexity index is 984. The first-order valence-electron chi connectivity index (χ1n) is 8.09. The Morgan fingerprint density at radius 3 is 1.96 bits per heavy atom. The molecular formula is C21H16N2O2. The minimum atomic E-state index is -0.369. The minimum absolute atomic E-state index is 0.0499. The fourth-order valence-corrected chi connectivity index (χ4v) is 3.25. The standard InChI is InChI=1S/C21H16N2O2/c24-23(25)18-12-11-17-13-20(22-19(17)14-18)21(15-7-3-1-4-8-15)16-9-5-2-6-10-16/h1-14,21-22H. The quantitative estimate of drug-likeness (QED) is 0.410. The van der Waals surface area contributed by atoms with Crippen molar-refractivity contribution in [3.8, 4) is 0 Å². The van der Waals surface area contributed by atoms with Crippen molar-refractivity contribution in [3.05, 3.63) is 112 Å². The first-order valence-corrected chi connectivity index (χ1v) is 8.09. The topological polar surface area (TPSA) is 58.9 Å². The van der Waals surface area contributed by atoms with Gasteiger partial charge in [0, 0.05) is 29.1 Å². The zero-order chi connectivity index (χ0) is 17.2. The maximum Gasteiger partial charge on any atom is 0.271 e. The van der Waals surface area contributed by atoms with Gasteiger partial charge in [0.1, 0.15) is 0 Å². The van der Waals surface area contributed by atoms with Crippen molar-refractivity contribution in [2.24, 2.45) is 0 Å². The number of benzene rings is 3. The SMILES string of the molecule is O=[N+]([O-])c1ccc2cc(C(c3ccccc3)c3ccccc3)[nH]c2c1. The summed E-state index contributed by atoms with van der Waals surface area (Å²) in [5, 5.41) is 12.0. The third kappa shape index (κ3) is 2.90. The van der Waals surface area contributed by atoms with Crippen LogP contribution in [0.5, 0.6) is 0 Å². The molecule has 0 saturated heterocycles. The first-order chi connectivity index (χ1) is 12.2. The number of hydrogen-bond donors (Lipinski definition) is 1. The van der Waals surface area contributed by atoms with E-state index < -0.39 is 0 Å². The molecule has 0 aliphatic heterocycles. The van der Waals surface area contributed by atoms with Crippen LogP contribution in [-0.4, -0.2) is 9.91 Å². The van der Waals surface area contributed by atoms with E-state index in [1.807, 2.05) is 36.4 Å². The van der Waals surface area contributed by atoms with Crippen LogP contribution in [-0.2, 0) is 0 Å². The summed E-state index contributed by atoms with van der Waals surface area (Å²) in [5.41, 5.74) is 4.25. The third-order valence-electron chi connectivity index (χ3n) is 4.41. The van der Waals surface area contributed by atoms with Crippen LogP contribution in [0.3, 0.4) is 0 Å². The number of non-ortho nitro benzene ring substituents is 1. The predicted octanol–water partition coefficient (Wildman–Crippen LogP) is 5.26. The molecule has 4 heteroatoms. The molecule has 0 aliphatic carbocycles. The molecule has 122 valence electrons. The molecule has 4 aromatic rings. The molecule has 0 bridgehead atoms. The van der Waals surface area contributed by atoms with Crippen LogP contribution in [0.4, 0.5) is 5.69 Å². The van der Waals surface area contributed by atoms with Crippen LogP contribution in [0.2, 0.25) is 0 Å². The molecule has 4 nitrogen and oxygen atoms in total. The lowest BCUT2D eigenvalue weighted by Crippen LogP contribution is -2.03. The van der Waals surface area contributed by atoms with Crippen LogP contribution in [0.25, 0.3) is 10.9 Å². The molecule has 0 unspecified atom stereocenters. The first kappa shape index (κ1) is 15.1. The van der Waals surface area contributed by atoms with Crippen LogP contribution in [0.15, 0.2) is 84.9 Å². The minimum Gasteiger partial charge on any atom is -0.357 e. The number of rotatable bonds is 4. The van der Waals surface area contributed by atoms with Crippen molar-refractivity contribution < 1.29 is 4.92 Å². The summed E-state index contributed by atoms with van der Waals surface area (Å²) >= 11 is 0. The highest BCUT2D eigenvalue weighted by molar-refractivity contribution is 5.83. The van der Waals surface area contributed by atoms with Gasteiger partial charge in [-0.15, -0.1) is 0 Å². The van der Waals surface area contributed by atoms with E-state index in [1.165, 1.54) is 11.1 Å². The number of nitro groups is 1. The number of aromatic nitrogens is 1. The fourth-order valence-electron chi connectivity index (χ4n) is 3.25. The van der Waals surface area contributed by atoms with Crippen LogP contribution >= 0.6 is 0 Å². The average Bonchev–Trinajstić information content (AvgIpc) is 3.06. The number of aromatic amines is 1. The summed E-state index contributed by atoms with van der Waals surface area (Å²) in [5.74, 6) is 0.0499. The van der Waals surface area contributed by atoms with Gasteiger partial charge in [0.25, 0.3) is 5.69 Å². The number of nitrogens with zero attached hydrogens (tertiary/aromatic N) is 1. The Morgan fingerprint density at radius 2 is 1.40 bits per heavy atom. The molecule has 0 aliphatic rings. The van der Waals surface area contributed by atoms with E-state index in [-0.39, 0.29) is 16.5 Å². The summed E-state index contributed by atoms with van der Waals surface area (Å²) in [6.45, 7) is 0. The highest BCUT2D eigenvalue weighted by atomic mass is 16.6. The van der Waals surface area contributed by atoms with Gasteiger partial charge in [0.2, 0.25) is 0 Å². The molecule has 0 atom stereocenters. The maximum atomic E-state index is 11.0. The van der Waals surface area contributed by atoms with Gasteiger partial charge in [0.05, 0.1) is 10.4 Å². The molecule has 25 heavy (non-hydrogen) atoms. The lowest BCUT2D eigenvalue weighted by molar-refractivity contribution is -0.384. The van der Waals surface area contributed by atoms with Gasteiger partial charge in [-0.05, 0) is 23.3 Å². The van der Waals surface area contributed by atoms with E-state index in [0.29, 0.717) is 0 Å². The smallest absolute Gasteiger partial charge is 0.271 e. The predicted molar refractivity (Wildman–Crippen MR) is 98.8 cm³/mol. The van der Waals surface area contributed by atoms with Gasteiger partial charge in [0.15, 0.2) is 0 Å². The zero-order valence-electron chi connectivity index (χ0n) is 13.4. The number of nitro benzene ring substituents is 1. The molecule has 3 aromatic carbocycles. The summed E-state index contributed by atoms with van der Waals surface area (Å²) < 4.78 is 0. The molecule has 1 N–H and O–H groups in total. The van der Waals surface area contributed by atoms with Crippen molar-refractivity contribution in [1.82, 2.24) is 4.98 Å². The molecule has 4 rings (SSSR count). The van der Waals surface area contributed by atoms with Gasteiger partial charge in [-0.25, -0.2) is 0 Å². The molecule has 0 radical (unpaired) electrons. The number of H-pyrrole nitrogens is 1. The molecule has 0 amide bonds. The summed E-state index contributed by atoms with van der Waals surface area (Å²) in [6.07, 6.45) is 0. The molecule has 1 aromatic heterocycles. The van der Waals surface area contributed by atoms with Crippen molar-refractivity contribution in [2.45, 2.75) is 5.92 Å². The van der Waals surface area contributed by atoms with Crippen molar-refractivity contribution >= 4 is 16.6 Å². The summed E-state index contributed by atoms with van der Waals surface area (Å²) in [6, 6.07) is 27.5. The monoisotopic (exact) mass is 328 g/mol. The number of nitrogens with one attached hydrogen (secondary N) is 1. The Morgan fingerprint density at radius 1 is 0.800 bits per heavy atom. The van der Waals surface area contributed by atoms with E-state index >= 15 is 0 Å². The average molecular weight is 328 g/mol. The van der Waals surface area contributed by atoms with Crippen LogP contribution < -0.4 is 0 Å². The van der Waals surface area contributed by atoms with Crippen molar-refractivity contribution in [1.29, 1.82) is 0 Å². The number of fused-ring (bicyclic) bond motifs is 1. The second kappa shape index (κ2) is 6.24. The molecule has 0 saturated carbocycles. The molecule has 0 spiro atoms. The second-order valence-electron chi connectivity index (χ2n) is 6.01. The van der Waals surface area contributed by atoms with Gasteiger partial charge in [-0.3, -0.25) is 10.1 Å². The summed E-state index contributed by atoms with van der Waals surface area (Å²) in [4.78, 5) is 14.0.